The monoisotopic (exact) mass is 555 g/mol. The number of sulfone groups is 1. The maximum Gasteiger partial charge on any atom is 0.475 e. The van der Waals surface area contributed by atoms with E-state index in [1.807, 2.05) is 0 Å². The van der Waals surface area contributed by atoms with Crippen LogP contribution in [0.4, 0.5) is 5.82 Å². The van der Waals surface area contributed by atoms with Gasteiger partial charge < -0.3 is 20.7 Å². The first-order chi connectivity index (χ1) is 17.4. The number of phosphoric ester groups is 1. The number of imidazole rings is 1. The summed E-state index contributed by atoms with van der Waals surface area (Å²) in [4.78, 5) is 12.3. The molecule has 0 aliphatic carbocycles. The number of fused-ring (bicyclic) bond motifs is 1. The van der Waals surface area contributed by atoms with E-state index >= 15 is 0 Å². The Hall–Kier alpha value is -2.49. The Labute approximate surface area is 211 Å². The highest BCUT2D eigenvalue weighted by atomic mass is 32.2. The van der Waals surface area contributed by atoms with E-state index in [4.69, 9.17) is 24.0 Å². The van der Waals surface area contributed by atoms with Gasteiger partial charge in [0.25, 0.3) is 0 Å². The molecule has 0 radical (unpaired) electrons. The second kappa shape index (κ2) is 9.36. The Morgan fingerprint density at radius 1 is 1.32 bits per heavy atom. The Morgan fingerprint density at radius 3 is 2.86 bits per heavy atom. The molecule has 2 aromatic heterocycles. The number of aromatic nitrogens is 4. The molecule has 0 saturated carbocycles. The van der Waals surface area contributed by atoms with Crippen molar-refractivity contribution >= 4 is 34.6 Å². The Kier molecular flexibility index (Phi) is 6.61. The first kappa shape index (κ1) is 26.1. The summed E-state index contributed by atoms with van der Waals surface area (Å²) in [6.07, 6.45) is -0.439. The summed E-state index contributed by atoms with van der Waals surface area (Å²) in [5.74, 6) is 0.142. The zero-order chi connectivity index (χ0) is 26.6. The highest BCUT2D eigenvalue weighted by Gasteiger charge is 2.54. The molecule has 200 valence electrons. The number of hydrogen-bond donors (Lipinski definition) is 3. The van der Waals surface area contributed by atoms with Crippen LogP contribution >= 0.6 is 7.82 Å². The number of phosphoric acid groups is 1. The average molecular weight is 556 g/mol. The molecule has 0 spiro atoms. The van der Waals surface area contributed by atoms with E-state index < -0.39 is 54.4 Å². The Bertz CT molecular complexity index is 1480. The van der Waals surface area contributed by atoms with Gasteiger partial charge >= 0.3 is 7.82 Å². The third kappa shape index (κ3) is 4.89. The summed E-state index contributed by atoms with van der Waals surface area (Å²) in [5, 5.41) is 21.8. The third-order valence-electron chi connectivity index (χ3n) is 6.34. The fourth-order valence-corrected chi connectivity index (χ4v) is 6.40. The molecule has 6 atom stereocenters. The average Bonchev–Trinajstić information content (AvgIpc) is 3.37. The van der Waals surface area contributed by atoms with E-state index in [-0.39, 0.29) is 23.0 Å². The Morgan fingerprint density at radius 2 is 2.11 bits per heavy atom. The largest absolute Gasteiger partial charge is 0.475 e. The van der Waals surface area contributed by atoms with Crippen molar-refractivity contribution in [2.24, 2.45) is 0 Å². The second-order valence-corrected chi connectivity index (χ2v) is 12.7. The van der Waals surface area contributed by atoms with E-state index in [2.05, 4.69) is 15.0 Å². The summed E-state index contributed by atoms with van der Waals surface area (Å²) in [5.41, 5.74) is 5.12. The summed E-state index contributed by atoms with van der Waals surface area (Å²) in [6, 6.07) is 6.14. The fraction of sp³-hybridized carbons (Fsp3) is 0.476. The van der Waals surface area contributed by atoms with Crippen LogP contribution < -0.4 is 5.73 Å². The molecule has 2 saturated heterocycles. The molecule has 16 heteroatoms. The number of rotatable bonds is 6. The van der Waals surface area contributed by atoms with Crippen LogP contribution in [0.2, 0.25) is 0 Å². The van der Waals surface area contributed by atoms with Gasteiger partial charge in [-0.1, -0.05) is 12.1 Å². The molecule has 4 heterocycles. The molecule has 2 aliphatic heterocycles. The van der Waals surface area contributed by atoms with Gasteiger partial charge in [-0.2, -0.15) is 0 Å². The van der Waals surface area contributed by atoms with Crippen molar-refractivity contribution in [1.29, 1.82) is 0 Å². The van der Waals surface area contributed by atoms with Gasteiger partial charge in [0, 0.05) is 12.7 Å². The number of nitrogens with zero attached hydrogens (tertiary/aromatic N) is 4. The van der Waals surface area contributed by atoms with Crippen LogP contribution in [-0.4, -0.2) is 75.4 Å². The number of anilines is 1. The van der Waals surface area contributed by atoms with Gasteiger partial charge in [-0.3, -0.25) is 18.1 Å². The molecule has 2 aliphatic rings. The lowest BCUT2D eigenvalue weighted by atomic mass is 9.96. The van der Waals surface area contributed by atoms with Gasteiger partial charge in [0.1, 0.15) is 29.7 Å². The molecule has 4 N–H and O–H groups in total. The maximum atomic E-state index is 13.2. The number of nitrogens with two attached hydrogens (primary N) is 1. The van der Waals surface area contributed by atoms with Gasteiger partial charge in [0.2, 0.25) is 0 Å². The lowest BCUT2D eigenvalue weighted by molar-refractivity contribution is -0.0953. The number of ether oxygens (including phenoxy) is 1. The molecular weight excluding hydrogens is 529 g/mol. The van der Waals surface area contributed by atoms with Crippen LogP contribution in [-0.2, 0) is 32.7 Å². The van der Waals surface area contributed by atoms with Crippen molar-refractivity contribution in [2.45, 2.75) is 48.4 Å². The lowest BCUT2D eigenvalue weighted by Gasteiger charge is -2.30. The Balaban J connectivity index is 1.31. The number of benzene rings is 1. The van der Waals surface area contributed by atoms with Crippen LogP contribution in [0.15, 0.2) is 41.8 Å². The minimum Gasteiger partial charge on any atom is -0.387 e. The molecule has 5 rings (SSSR count). The van der Waals surface area contributed by atoms with E-state index in [1.165, 1.54) is 36.3 Å². The molecule has 0 amide bonds. The predicted octanol–water partition coefficient (Wildman–Crippen LogP) is 1.12. The molecular formula is C21H26N5O9PS. The smallest absolute Gasteiger partial charge is 0.387 e. The van der Waals surface area contributed by atoms with Crippen molar-refractivity contribution in [3.63, 3.8) is 0 Å². The quantitative estimate of drug-likeness (QED) is 0.366. The number of nitrogen functional groups attached to an aromatic ring is 1. The highest BCUT2D eigenvalue weighted by molar-refractivity contribution is 7.90. The first-order valence-electron chi connectivity index (χ1n) is 11.3. The molecule has 14 nitrogen and oxygen atoms in total. The van der Waals surface area contributed by atoms with Gasteiger partial charge in [-0.25, -0.2) is 27.9 Å². The third-order valence-corrected chi connectivity index (χ3v) is 8.92. The van der Waals surface area contributed by atoms with E-state index in [0.717, 1.165) is 6.26 Å². The van der Waals surface area contributed by atoms with E-state index in [0.29, 0.717) is 17.5 Å². The highest BCUT2D eigenvalue weighted by Crippen LogP contribution is 2.57. The molecule has 0 bridgehead atoms. The number of hydrogen-bond acceptors (Lipinski definition) is 13. The van der Waals surface area contributed by atoms with Crippen molar-refractivity contribution in [3.05, 3.63) is 42.5 Å². The van der Waals surface area contributed by atoms with Crippen molar-refractivity contribution in [1.82, 2.24) is 19.5 Å². The lowest BCUT2D eigenvalue weighted by Crippen LogP contribution is -2.44. The fourth-order valence-electron chi connectivity index (χ4n) is 4.34. The molecule has 1 aromatic carbocycles. The van der Waals surface area contributed by atoms with Crippen LogP contribution in [0.3, 0.4) is 0 Å². The van der Waals surface area contributed by atoms with Crippen LogP contribution in [0.5, 0.6) is 0 Å². The summed E-state index contributed by atoms with van der Waals surface area (Å²) in [6.45, 7) is 0.964. The SMILES string of the molecule is C[C@@]1(O)[C@H](O)[C@@H](COP2(=O)OCC[C@@H](c3cccc(S(C)(=O)=O)c3)O2)O[C@H]1n1cnc2c(N)ncnc21. The van der Waals surface area contributed by atoms with Gasteiger partial charge in [-0.05, 0) is 24.6 Å². The maximum absolute atomic E-state index is 13.2. The first-order valence-corrected chi connectivity index (χ1v) is 14.6. The summed E-state index contributed by atoms with van der Waals surface area (Å²) >= 11 is 0. The van der Waals surface area contributed by atoms with Crippen molar-refractivity contribution < 1.29 is 41.5 Å². The van der Waals surface area contributed by atoms with Crippen LogP contribution in [0, 0.1) is 0 Å². The zero-order valence-electron chi connectivity index (χ0n) is 19.9. The molecule has 2 fully saturated rings. The topological polar surface area (TPSA) is 198 Å². The molecule has 1 unspecified atom stereocenters. The van der Waals surface area contributed by atoms with Crippen molar-refractivity contribution in [3.8, 4) is 0 Å². The van der Waals surface area contributed by atoms with Crippen molar-refractivity contribution in [2.75, 3.05) is 25.2 Å². The minimum absolute atomic E-state index is 0.0294. The van der Waals surface area contributed by atoms with Crippen LogP contribution in [0.25, 0.3) is 11.2 Å². The normalized spacial score (nSPS) is 32.6. The van der Waals surface area contributed by atoms with Gasteiger partial charge in [-0.15, -0.1) is 0 Å². The van der Waals surface area contributed by atoms with E-state index in [9.17, 15) is 23.2 Å². The number of aliphatic hydroxyl groups excluding tert-OH is 1. The van der Waals surface area contributed by atoms with Crippen LogP contribution in [0.1, 0.15) is 31.2 Å². The van der Waals surface area contributed by atoms with Gasteiger partial charge in [0.15, 0.2) is 27.5 Å². The molecule has 37 heavy (non-hydrogen) atoms. The number of aliphatic hydroxyl groups is 2. The zero-order valence-corrected chi connectivity index (χ0v) is 21.6. The minimum atomic E-state index is -4.12. The predicted molar refractivity (Wildman–Crippen MR) is 128 cm³/mol. The van der Waals surface area contributed by atoms with E-state index in [1.54, 1.807) is 12.1 Å². The molecule has 3 aromatic rings. The summed E-state index contributed by atoms with van der Waals surface area (Å²) in [7, 11) is -7.56. The second-order valence-electron chi connectivity index (χ2n) is 9.08. The van der Waals surface area contributed by atoms with Gasteiger partial charge in [0.05, 0.1) is 30.5 Å². The standard InChI is InChI=1S/C21H26N5O9PS/c1-21(28)17(27)15(34-20(21)26-11-25-16-18(22)23-10-24-19(16)26)9-33-36(29)32-7-6-14(35-36)12-4-3-5-13(8-12)37(2,30)31/h3-5,8,10-11,14-15,17,20,27-28H,6-7,9H2,1-2H3,(H2,22,23,24)/t14-,15+,17+,20+,21+,36?/m0/s1. The summed E-state index contributed by atoms with van der Waals surface area (Å²) < 4.78 is 60.7.